The van der Waals surface area contributed by atoms with E-state index in [0.29, 0.717) is 10.1 Å². The van der Waals surface area contributed by atoms with E-state index in [1.165, 1.54) is 0 Å². The quantitative estimate of drug-likeness (QED) is 0.778. The van der Waals surface area contributed by atoms with Crippen molar-refractivity contribution in [2.45, 2.75) is 39.2 Å². The average Bonchev–Trinajstić information content (AvgIpc) is 2.22. The van der Waals surface area contributed by atoms with Crippen LogP contribution in [0.15, 0.2) is 33.4 Å². The normalized spacial score (nSPS) is 18.5. The van der Waals surface area contributed by atoms with Gasteiger partial charge < -0.3 is 5.11 Å². The molecule has 0 heterocycles. The van der Waals surface area contributed by atoms with E-state index in [4.69, 9.17) is 23.2 Å². The van der Waals surface area contributed by atoms with Crippen molar-refractivity contribution in [1.82, 2.24) is 0 Å². The van der Waals surface area contributed by atoms with Crippen LogP contribution in [-0.2, 0) is 0 Å². The molecular weight excluding hydrogens is 231 g/mol. The fourth-order valence-corrected chi connectivity index (χ4v) is 2.36. The van der Waals surface area contributed by atoms with Crippen molar-refractivity contribution in [3.8, 4) is 0 Å². The highest BCUT2D eigenvalue weighted by atomic mass is 35.5. The van der Waals surface area contributed by atoms with Gasteiger partial charge in [-0.1, -0.05) is 36.2 Å². The molecule has 1 rings (SSSR count). The number of hydrogen-bond acceptors (Lipinski definition) is 1. The highest BCUT2D eigenvalue weighted by Crippen LogP contribution is 2.33. The van der Waals surface area contributed by atoms with Crippen LogP contribution in [0.3, 0.4) is 0 Å². The lowest BCUT2D eigenvalue weighted by atomic mass is 9.96. The Kier molecular flexibility index (Phi) is 4.05. The molecule has 0 bridgehead atoms. The Hall–Kier alpha value is -0.240. The summed E-state index contributed by atoms with van der Waals surface area (Å²) in [5.41, 5.74) is 0.966. The molecule has 15 heavy (non-hydrogen) atoms. The molecule has 0 saturated heterocycles. The van der Waals surface area contributed by atoms with Crippen molar-refractivity contribution < 1.29 is 5.11 Å². The highest BCUT2D eigenvalue weighted by Gasteiger charge is 2.23. The molecule has 0 fully saturated rings. The van der Waals surface area contributed by atoms with Crippen LogP contribution in [0.2, 0.25) is 0 Å². The first-order valence-electron chi connectivity index (χ1n) is 5.04. The van der Waals surface area contributed by atoms with Crippen LogP contribution in [0.4, 0.5) is 0 Å². The molecule has 0 amide bonds. The third-order valence-electron chi connectivity index (χ3n) is 2.49. The van der Waals surface area contributed by atoms with Crippen molar-refractivity contribution in [1.29, 1.82) is 0 Å². The SMILES string of the molecule is CCC1=C(Cl)C=C(Cl)C(C(C)(C)O)=CC1. The van der Waals surface area contributed by atoms with Gasteiger partial charge in [0.25, 0.3) is 0 Å². The van der Waals surface area contributed by atoms with E-state index in [0.717, 1.165) is 24.0 Å². The summed E-state index contributed by atoms with van der Waals surface area (Å²) in [6.45, 7) is 5.50. The van der Waals surface area contributed by atoms with Crippen molar-refractivity contribution in [3.63, 3.8) is 0 Å². The molecule has 0 aromatic rings. The first-order valence-corrected chi connectivity index (χ1v) is 5.80. The molecule has 1 aliphatic rings. The summed E-state index contributed by atoms with van der Waals surface area (Å²) in [5.74, 6) is 0. The van der Waals surface area contributed by atoms with Gasteiger partial charge in [-0.05, 0) is 43.9 Å². The molecule has 84 valence electrons. The van der Waals surface area contributed by atoms with Gasteiger partial charge in [-0.15, -0.1) is 0 Å². The summed E-state index contributed by atoms with van der Waals surface area (Å²) in [4.78, 5) is 0. The number of allylic oxidation sites excluding steroid dienone is 4. The van der Waals surface area contributed by atoms with Gasteiger partial charge in [0.1, 0.15) is 0 Å². The number of hydrogen-bond donors (Lipinski definition) is 1. The first-order chi connectivity index (χ1) is 6.86. The van der Waals surface area contributed by atoms with Gasteiger partial charge in [0, 0.05) is 10.1 Å². The number of aliphatic hydroxyl groups is 1. The van der Waals surface area contributed by atoms with Gasteiger partial charge >= 0.3 is 0 Å². The van der Waals surface area contributed by atoms with Crippen LogP contribution >= 0.6 is 23.2 Å². The minimum absolute atomic E-state index is 0.524. The maximum Gasteiger partial charge on any atom is 0.0851 e. The minimum Gasteiger partial charge on any atom is -0.386 e. The summed E-state index contributed by atoms with van der Waals surface area (Å²) in [6, 6.07) is 0. The Bertz CT molecular complexity index is 343. The summed E-state index contributed by atoms with van der Waals surface area (Å²) in [5, 5.41) is 11.1. The lowest BCUT2D eigenvalue weighted by molar-refractivity contribution is 0.123. The molecule has 0 aromatic heterocycles. The minimum atomic E-state index is -0.923. The van der Waals surface area contributed by atoms with E-state index in [-0.39, 0.29) is 0 Å². The van der Waals surface area contributed by atoms with Crippen LogP contribution < -0.4 is 0 Å². The van der Waals surface area contributed by atoms with Gasteiger partial charge in [0.2, 0.25) is 0 Å². The predicted molar refractivity (Wildman–Crippen MR) is 66.1 cm³/mol. The highest BCUT2D eigenvalue weighted by molar-refractivity contribution is 6.36. The van der Waals surface area contributed by atoms with Crippen molar-refractivity contribution in [3.05, 3.63) is 33.4 Å². The van der Waals surface area contributed by atoms with E-state index < -0.39 is 5.60 Å². The van der Waals surface area contributed by atoms with Crippen LogP contribution in [0.5, 0.6) is 0 Å². The monoisotopic (exact) mass is 246 g/mol. The third-order valence-corrected chi connectivity index (χ3v) is 3.18. The zero-order valence-electron chi connectivity index (χ0n) is 9.27. The number of halogens is 2. The maximum atomic E-state index is 9.93. The second kappa shape index (κ2) is 4.73. The van der Waals surface area contributed by atoms with Gasteiger partial charge in [0.15, 0.2) is 0 Å². The van der Waals surface area contributed by atoms with E-state index in [9.17, 15) is 5.11 Å². The van der Waals surface area contributed by atoms with Crippen LogP contribution in [-0.4, -0.2) is 10.7 Å². The maximum absolute atomic E-state index is 9.93. The lowest BCUT2D eigenvalue weighted by Crippen LogP contribution is -2.22. The molecule has 0 unspecified atom stereocenters. The summed E-state index contributed by atoms with van der Waals surface area (Å²) in [6.07, 6.45) is 5.32. The molecule has 0 atom stereocenters. The second-order valence-electron chi connectivity index (χ2n) is 4.18. The largest absolute Gasteiger partial charge is 0.386 e. The first kappa shape index (κ1) is 12.8. The van der Waals surface area contributed by atoms with Gasteiger partial charge in [0.05, 0.1) is 5.60 Å². The van der Waals surface area contributed by atoms with Crippen LogP contribution in [0, 0.1) is 0 Å². The Balaban J connectivity index is 3.11. The molecule has 1 aliphatic carbocycles. The Labute approximate surface area is 101 Å². The fourth-order valence-electron chi connectivity index (χ4n) is 1.57. The van der Waals surface area contributed by atoms with Gasteiger partial charge in [-0.25, -0.2) is 0 Å². The smallest absolute Gasteiger partial charge is 0.0851 e. The average molecular weight is 247 g/mol. The molecule has 0 aliphatic heterocycles. The molecular formula is C12H16Cl2O. The van der Waals surface area contributed by atoms with E-state index in [1.54, 1.807) is 19.9 Å². The van der Waals surface area contributed by atoms with Crippen LogP contribution in [0.1, 0.15) is 33.6 Å². The van der Waals surface area contributed by atoms with Gasteiger partial charge in [-0.2, -0.15) is 0 Å². The fraction of sp³-hybridized carbons (Fsp3) is 0.500. The topological polar surface area (TPSA) is 20.2 Å². The molecule has 3 heteroatoms. The van der Waals surface area contributed by atoms with E-state index >= 15 is 0 Å². The second-order valence-corrected chi connectivity index (χ2v) is 4.99. The third kappa shape index (κ3) is 3.10. The molecule has 0 saturated carbocycles. The molecule has 1 nitrogen and oxygen atoms in total. The van der Waals surface area contributed by atoms with E-state index in [2.05, 4.69) is 6.92 Å². The Morgan fingerprint density at radius 2 is 2.00 bits per heavy atom. The number of rotatable bonds is 2. The Morgan fingerprint density at radius 1 is 1.40 bits per heavy atom. The zero-order chi connectivity index (χ0) is 11.6. The summed E-state index contributed by atoms with van der Waals surface area (Å²) in [7, 11) is 0. The Morgan fingerprint density at radius 3 is 2.47 bits per heavy atom. The van der Waals surface area contributed by atoms with Crippen molar-refractivity contribution in [2.75, 3.05) is 0 Å². The molecule has 0 aromatic carbocycles. The predicted octanol–water partition coefficient (Wildman–Crippen LogP) is 4.11. The summed E-state index contributed by atoms with van der Waals surface area (Å²) < 4.78 is 0. The van der Waals surface area contributed by atoms with Crippen molar-refractivity contribution in [2.24, 2.45) is 0 Å². The van der Waals surface area contributed by atoms with E-state index in [1.807, 2.05) is 6.08 Å². The summed E-state index contributed by atoms with van der Waals surface area (Å²) >= 11 is 12.2. The zero-order valence-corrected chi connectivity index (χ0v) is 10.8. The van der Waals surface area contributed by atoms with Crippen LogP contribution in [0.25, 0.3) is 0 Å². The van der Waals surface area contributed by atoms with Gasteiger partial charge in [-0.3, -0.25) is 0 Å². The molecule has 0 radical (unpaired) electrons. The molecule has 1 N–H and O–H groups in total. The van der Waals surface area contributed by atoms with Crippen molar-refractivity contribution >= 4 is 23.2 Å². The standard InChI is InChI=1S/C12H16Cl2O/c1-4-8-5-6-9(12(2,3)15)11(14)7-10(8)13/h6-7,15H,4-5H2,1-3H3. The molecule has 0 spiro atoms. The lowest BCUT2D eigenvalue weighted by Gasteiger charge is -2.20.